The van der Waals surface area contributed by atoms with Crippen molar-refractivity contribution >= 4 is 17.6 Å². The minimum Gasteiger partial charge on any atom is -0.352 e. The van der Waals surface area contributed by atoms with E-state index in [0.717, 1.165) is 24.1 Å². The van der Waals surface area contributed by atoms with Crippen molar-refractivity contribution in [1.29, 1.82) is 0 Å². The Morgan fingerprint density at radius 3 is 2.08 bits per heavy atom. The number of carbonyl (C=O) groups is 2. The molecule has 0 radical (unpaired) electrons. The van der Waals surface area contributed by atoms with Gasteiger partial charge in [0.25, 0.3) is 5.91 Å². The molecular formula is C29H43N3O4. The molecule has 198 valence electrons. The first kappa shape index (κ1) is 29.3. The Labute approximate surface area is 216 Å². The van der Waals surface area contributed by atoms with E-state index in [4.69, 9.17) is 0 Å². The quantitative estimate of drug-likeness (QED) is 0.165. The molecule has 0 unspecified atom stereocenters. The lowest BCUT2D eigenvalue weighted by atomic mass is 10.1. The van der Waals surface area contributed by atoms with Crippen LogP contribution in [0.4, 0.5) is 5.69 Å². The summed E-state index contributed by atoms with van der Waals surface area (Å²) in [5.74, 6) is -0.623. The van der Waals surface area contributed by atoms with Crippen LogP contribution in [0.2, 0.25) is 0 Å². The van der Waals surface area contributed by atoms with Crippen LogP contribution in [0.15, 0.2) is 48.5 Å². The normalized spacial score (nSPS) is 10.8. The number of hydrogen-bond acceptors (Lipinski definition) is 6. The van der Waals surface area contributed by atoms with Gasteiger partial charge in [-0.05, 0) is 41.8 Å². The zero-order valence-electron chi connectivity index (χ0n) is 21.9. The molecule has 2 aromatic carbocycles. The molecule has 0 heterocycles. The number of hydrogen-bond donors (Lipinski definition) is 3. The van der Waals surface area contributed by atoms with Gasteiger partial charge in [0.1, 0.15) is 5.69 Å². The van der Waals surface area contributed by atoms with Gasteiger partial charge < -0.3 is 15.5 Å². The molecule has 7 heteroatoms. The number of benzene rings is 2. The van der Waals surface area contributed by atoms with E-state index < -0.39 is 5.97 Å². The van der Waals surface area contributed by atoms with Crippen LogP contribution >= 0.6 is 0 Å². The molecule has 0 aliphatic rings. The molecule has 0 saturated heterocycles. The highest BCUT2D eigenvalue weighted by molar-refractivity contribution is 5.94. The maximum atomic E-state index is 12.5. The second-order valence-electron chi connectivity index (χ2n) is 9.26. The van der Waals surface area contributed by atoms with Gasteiger partial charge in [0.15, 0.2) is 0 Å². The third-order valence-electron chi connectivity index (χ3n) is 6.04. The number of unbranched alkanes of at least 4 members (excludes halogenated alkanes) is 9. The van der Waals surface area contributed by atoms with Gasteiger partial charge in [-0.3, -0.25) is 10.0 Å². The predicted molar refractivity (Wildman–Crippen MR) is 144 cm³/mol. The van der Waals surface area contributed by atoms with Crippen LogP contribution in [0.5, 0.6) is 0 Å². The van der Waals surface area contributed by atoms with E-state index in [0.29, 0.717) is 29.6 Å². The molecule has 36 heavy (non-hydrogen) atoms. The molecule has 0 aliphatic carbocycles. The van der Waals surface area contributed by atoms with Crippen LogP contribution in [0.1, 0.15) is 99.5 Å². The maximum absolute atomic E-state index is 12.5. The Kier molecular flexibility index (Phi) is 14.3. The minimum atomic E-state index is -0.599. The second-order valence-corrected chi connectivity index (χ2v) is 9.26. The number of anilines is 1. The van der Waals surface area contributed by atoms with Crippen LogP contribution < -0.4 is 15.9 Å². The summed E-state index contributed by atoms with van der Waals surface area (Å²) in [6.07, 6.45) is 12.8. The Bertz CT molecular complexity index is 902. The van der Waals surface area contributed by atoms with Crippen LogP contribution in [-0.4, -0.2) is 23.6 Å². The Morgan fingerprint density at radius 2 is 1.44 bits per heavy atom. The van der Waals surface area contributed by atoms with Crippen molar-refractivity contribution < 1.29 is 19.6 Å². The molecule has 7 nitrogen and oxygen atoms in total. The molecule has 0 aromatic heterocycles. The number of nitrogens with zero attached hydrogens (tertiary/aromatic N) is 1. The second kappa shape index (κ2) is 17.5. The molecule has 2 rings (SSSR count). The van der Waals surface area contributed by atoms with E-state index in [1.54, 1.807) is 12.1 Å². The van der Waals surface area contributed by atoms with Crippen molar-refractivity contribution in [3.05, 3.63) is 65.2 Å². The Hall–Kier alpha value is -2.90. The molecule has 0 aliphatic heterocycles. The first-order chi connectivity index (χ1) is 17.5. The number of rotatable bonds is 18. The smallest absolute Gasteiger partial charge is 0.332 e. The summed E-state index contributed by atoms with van der Waals surface area (Å²) in [4.78, 5) is 28.0. The van der Waals surface area contributed by atoms with Gasteiger partial charge in [-0.2, -0.15) is 0 Å². The number of amides is 1. The zero-order valence-corrected chi connectivity index (χ0v) is 21.9. The van der Waals surface area contributed by atoms with Gasteiger partial charge >= 0.3 is 5.97 Å². The lowest BCUT2D eigenvalue weighted by molar-refractivity contribution is -0.153. The number of nitrogens with one attached hydrogen (secondary N) is 2. The highest BCUT2D eigenvalue weighted by atomic mass is 16.9. The minimum absolute atomic E-state index is 0.0234. The summed E-state index contributed by atoms with van der Waals surface area (Å²) in [5.41, 5.74) is 3.10. The SMILES string of the molecule is CCCCCCCCCCCCNC(=O)c1cccc(CNCc2ccc(N(O)OC(C)=O)cc2)c1. The molecule has 3 N–H and O–H groups in total. The van der Waals surface area contributed by atoms with E-state index in [1.165, 1.54) is 64.7 Å². The fraction of sp³-hybridized carbons (Fsp3) is 0.517. The van der Waals surface area contributed by atoms with E-state index >= 15 is 0 Å². The molecule has 0 fully saturated rings. The lowest BCUT2D eigenvalue weighted by Crippen LogP contribution is -2.24. The average molecular weight is 498 g/mol. The summed E-state index contributed by atoms with van der Waals surface area (Å²) in [6.45, 7) is 5.44. The third kappa shape index (κ3) is 12.2. The molecule has 1 amide bonds. The van der Waals surface area contributed by atoms with Gasteiger partial charge in [-0.15, -0.1) is 0 Å². The summed E-state index contributed by atoms with van der Waals surface area (Å²) in [5, 5.41) is 16.5. The largest absolute Gasteiger partial charge is 0.352 e. The van der Waals surface area contributed by atoms with Crippen LogP contribution in [0, 0.1) is 0 Å². The van der Waals surface area contributed by atoms with Gasteiger partial charge in [-0.25, -0.2) is 4.79 Å². The van der Waals surface area contributed by atoms with Crippen molar-refractivity contribution in [1.82, 2.24) is 10.6 Å². The topological polar surface area (TPSA) is 90.9 Å². The van der Waals surface area contributed by atoms with E-state index in [1.807, 2.05) is 36.4 Å². The summed E-state index contributed by atoms with van der Waals surface area (Å²) >= 11 is 0. The summed E-state index contributed by atoms with van der Waals surface area (Å²) in [7, 11) is 0. The van der Waals surface area contributed by atoms with Crippen molar-refractivity contribution in [2.24, 2.45) is 0 Å². The summed E-state index contributed by atoms with van der Waals surface area (Å²) in [6, 6.07) is 14.7. The van der Waals surface area contributed by atoms with E-state index in [-0.39, 0.29) is 5.91 Å². The number of carbonyl (C=O) groups excluding carboxylic acids is 2. The average Bonchev–Trinajstić information content (AvgIpc) is 2.87. The third-order valence-corrected chi connectivity index (χ3v) is 6.04. The highest BCUT2D eigenvalue weighted by Gasteiger charge is 2.08. The van der Waals surface area contributed by atoms with Crippen LogP contribution in [0.3, 0.4) is 0 Å². The molecule has 0 saturated carbocycles. The van der Waals surface area contributed by atoms with E-state index in [9.17, 15) is 14.8 Å². The van der Waals surface area contributed by atoms with Crippen molar-refractivity contribution in [3.8, 4) is 0 Å². The van der Waals surface area contributed by atoms with Gasteiger partial charge in [0.05, 0.1) is 0 Å². The summed E-state index contributed by atoms with van der Waals surface area (Å²) < 4.78 is 0. The standard InChI is InChI=1S/C29H43N3O4/c1-3-4-5-6-7-8-9-10-11-12-20-31-29(34)27-15-13-14-26(21-27)23-30-22-25-16-18-28(19-17-25)32(35)36-24(2)33/h13-19,21,30,35H,3-12,20,22-23H2,1-2H3,(H,31,34). The fourth-order valence-electron chi connectivity index (χ4n) is 4.01. The van der Waals surface area contributed by atoms with Gasteiger partial charge in [0.2, 0.25) is 0 Å². The lowest BCUT2D eigenvalue weighted by Gasteiger charge is -2.14. The Morgan fingerprint density at radius 1 is 0.833 bits per heavy atom. The van der Waals surface area contributed by atoms with Crippen LogP contribution in [0.25, 0.3) is 0 Å². The molecule has 0 bridgehead atoms. The van der Waals surface area contributed by atoms with Gasteiger partial charge in [0, 0.05) is 32.1 Å². The monoisotopic (exact) mass is 497 g/mol. The van der Waals surface area contributed by atoms with Gasteiger partial charge in [-0.1, -0.05) is 94.2 Å². The van der Waals surface area contributed by atoms with Crippen molar-refractivity contribution in [3.63, 3.8) is 0 Å². The molecule has 2 aromatic rings. The molecule has 0 atom stereocenters. The first-order valence-electron chi connectivity index (χ1n) is 13.3. The van der Waals surface area contributed by atoms with Crippen molar-refractivity contribution in [2.75, 3.05) is 11.8 Å². The molecular weight excluding hydrogens is 454 g/mol. The zero-order chi connectivity index (χ0) is 26.0. The maximum Gasteiger partial charge on any atom is 0.332 e. The highest BCUT2D eigenvalue weighted by Crippen LogP contribution is 2.14. The fourth-order valence-corrected chi connectivity index (χ4v) is 4.01. The van der Waals surface area contributed by atoms with Crippen molar-refractivity contribution in [2.45, 2.75) is 91.1 Å². The Balaban J connectivity index is 1.62. The first-order valence-corrected chi connectivity index (χ1v) is 13.3. The van der Waals surface area contributed by atoms with E-state index in [2.05, 4.69) is 22.4 Å². The molecule has 0 spiro atoms. The van der Waals surface area contributed by atoms with Crippen LogP contribution in [-0.2, 0) is 22.7 Å². The predicted octanol–water partition coefficient (Wildman–Crippen LogP) is 6.30.